The standard InChI is InChI=1S/C8H13N5O/c1-5(7-10-4-11-13-7)12-8(14)6-2-9-3-6/h4-6,9H,2-3H2,1H3,(H,12,14)(H,10,11,13). The number of nitrogens with one attached hydrogen (secondary N) is 3. The molecule has 1 saturated heterocycles. The second kappa shape index (κ2) is 3.75. The average molecular weight is 195 g/mol. The van der Waals surface area contributed by atoms with Gasteiger partial charge in [0.15, 0.2) is 0 Å². The number of hydrogen-bond donors (Lipinski definition) is 3. The van der Waals surface area contributed by atoms with Crippen molar-refractivity contribution < 1.29 is 4.79 Å². The van der Waals surface area contributed by atoms with Crippen LogP contribution >= 0.6 is 0 Å². The molecule has 1 aliphatic rings. The molecule has 6 heteroatoms. The summed E-state index contributed by atoms with van der Waals surface area (Å²) >= 11 is 0. The lowest BCUT2D eigenvalue weighted by molar-refractivity contribution is -0.127. The fourth-order valence-corrected chi connectivity index (χ4v) is 1.30. The molecular formula is C8H13N5O. The second-order valence-electron chi connectivity index (χ2n) is 3.46. The second-order valence-corrected chi connectivity index (χ2v) is 3.46. The number of amides is 1. The molecule has 1 aliphatic heterocycles. The van der Waals surface area contributed by atoms with Crippen LogP contribution in [0.15, 0.2) is 6.33 Å². The molecule has 1 atom stereocenters. The molecule has 1 unspecified atom stereocenters. The van der Waals surface area contributed by atoms with Crippen LogP contribution in [0.25, 0.3) is 0 Å². The Labute approximate surface area is 81.5 Å². The third-order valence-corrected chi connectivity index (χ3v) is 2.35. The fourth-order valence-electron chi connectivity index (χ4n) is 1.30. The van der Waals surface area contributed by atoms with Gasteiger partial charge in [-0.3, -0.25) is 9.89 Å². The zero-order valence-corrected chi connectivity index (χ0v) is 7.95. The molecule has 14 heavy (non-hydrogen) atoms. The summed E-state index contributed by atoms with van der Waals surface area (Å²) in [6.07, 6.45) is 1.43. The summed E-state index contributed by atoms with van der Waals surface area (Å²) in [6, 6.07) is -0.106. The molecule has 1 amide bonds. The van der Waals surface area contributed by atoms with E-state index in [1.54, 1.807) is 0 Å². The number of carbonyl (C=O) groups excluding carboxylic acids is 1. The van der Waals surface area contributed by atoms with Crippen LogP contribution in [-0.4, -0.2) is 34.2 Å². The van der Waals surface area contributed by atoms with Gasteiger partial charge in [-0.2, -0.15) is 5.10 Å². The van der Waals surface area contributed by atoms with Crippen molar-refractivity contribution in [1.82, 2.24) is 25.8 Å². The summed E-state index contributed by atoms with van der Waals surface area (Å²) < 4.78 is 0. The summed E-state index contributed by atoms with van der Waals surface area (Å²) in [7, 11) is 0. The van der Waals surface area contributed by atoms with Crippen molar-refractivity contribution in [2.75, 3.05) is 13.1 Å². The van der Waals surface area contributed by atoms with Crippen LogP contribution in [0.4, 0.5) is 0 Å². The van der Waals surface area contributed by atoms with Crippen LogP contribution in [-0.2, 0) is 4.79 Å². The van der Waals surface area contributed by atoms with Gasteiger partial charge < -0.3 is 10.6 Å². The Hall–Kier alpha value is -1.43. The van der Waals surface area contributed by atoms with Crippen molar-refractivity contribution in [2.45, 2.75) is 13.0 Å². The molecule has 0 spiro atoms. The van der Waals surface area contributed by atoms with Crippen molar-refractivity contribution in [2.24, 2.45) is 5.92 Å². The average Bonchev–Trinajstić information content (AvgIpc) is 2.51. The predicted octanol–water partition coefficient (Wildman–Crippen LogP) is -0.799. The van der Waals surface area contributed by atoms with Gasteiger partial charge in [-0.25, -0.2) is 4.98 Å². The van der Waals surface area contributed by atoms with Crippen molar-refractivity contribution in [3.63, 3.8) is 0 Å². The van der Waals surface area contributed by atoms with Gasteiger partial charge >= 0.3 is 0 Å². The van der Waals surface area contributed by atoms with E-state index in [9.17, 15) is 4.79 Å². The van der Waals surface area contributed by atoms with Crippen molar-refractivity contribution in [3.05, 3.63) is 12.2 Å². The summed E-state index contributed by atoms with van der Waals surface area (Å²) in [4.78, 5) is 15.5. The first-order chi connectivity index (χ1) is 6.77. The molecule has 6 nitrogen and oxygen atoms in total. The number of rotatable bonds is 3. The Bertz CT molecular complexity index is 306. The lowest BCUT2D eigenvalue weighted by atomic mass is 10.0. The highest BCUT2D eigenvalue weighted by atomic mass is 16.2. The SMILES string of the molecule is CC(NC(=O)C1CNC1)c1ncn[nH]1. The van der Waals surface area contributed by atoms with Crippen molar-refractivity contribution in [3.8, 4) is 0 Å². The lowest BCUT2D eigenvalue weighted by Gasteiger charge is -2.26. The number of aromatic nitrogens is 3. The zero-order chi connectivity index (χ0) is 9.97. The van der Waals surface area contributed by atoms with Crippen LogP contribution in [0.1, 0.15) is 18.8 Å². The largest absolute Gasteiger partial charge is 0.346 e. The molecule has 1 fully saturated rings. The first kappa shape index (κ1) is 9.14. The highest BCUT2D eigenvalue weighted by Crippen LogP contribution is 2.08. The van der Waals surface area contributed by atoms with E-state index in [1.165, 1.54) is 6.33 Å². The first-order valence-corrected chi connectivity index (χ1v) is 4.63. The van der Waals surface area contributed by atoms with E-state index in [1.807, 2.05) is 6.92 Å². The van der Waals surface area contributed by atoms with Gasteiger partial charge in [-0.15, -0.1) is 0 Å². The maximum atomic E-state index is 11.5. The third-order valence-electron chi connectivity index (χ3n) is 2.35. The van der Waals surface area contributed by atoms with Crippen molar-refractivity contribution >= 4 is 5.91 Å². The smallest absolute Gasteiger partial charge is 0.226 e. The topological polar surface area (TPSA) is 82.7 Å². The number of aromatic amines is 1. The quantitative estimate of drug-likeness (QED) is 0.589. The Morgan fingerprint density at radius 2 is 2.50 bits per heavy atom. The maximum absolute atomic E-state index is 11.5. The fraction of sp³-hybridized carbons (Fsp3) is 0.625. The van der Waals surface area contributed by atoms with Gasteiger partial charge in [-0.05, 0) is 6.92 Å². The minimum absolute atomic E-state index is 0.0765. The molecule has 0 radical (unpaired) electrons. The molecule has 3 N–H and O–H groups in total. The predicted molar refractivity (Wildman–Crippen MR) is 49.3 cm³/mol. The monoisotopic (exact) mass is 195 g/mol. The van der Waals surface area contributed by atoms with Crippen LogP contribution in [0.3, 0.4) is 0 Å². The highest BCUT2D eigenvalue weighted by molar-refractivity contribution is 5.80. The molecule has 0 aromatic carbocycles. The van der Waals surface area contributed by atoms with Gasteiger partial charge in [0, 0.05) is 13.1 Å². The van der Waals surface area contributed by atoms with Gasteiger partial charge in [0.1, 0.15) is 12.2 Å². The number of hydrogen-bond acceptors (Lipinski definition) is 4. The Balaban J connectivity index is 1.87. The molecule has 0 saturated carbocycles. The van der Waals surface area contributed by atoms with Crippen molar-refractivity contribution in [1.29, 1.82) is 0 Å². The van der Waals surface area contributed by atoms with E-state index >= 15 is 0 Å². The summed E-state index contributed by atoms with van der Waals surface area (Å²) in [6.45, 7) is 3.43. The van der Waals surface area contributed by atoms with E-state index in [0.717, 1.165) is 13.1 Å². The Morgan fingerprint density at radius 1 is 1.71 bits per heavy atom. The van der Waals surface area contributed by atoms with Gasteiger partial charge in [0.2, 0.25) is 5.91 Å². The molecule has 76 valence electrons. The molecule has 0 bridgehead atoms. The van der Waals surface area contributed by atoms with Crippen LogP contribution < -0.4 is 10.6 Å². The molecule has 2 heterocycles. The van der Waals surface area contributed by atoms with E-state index < -0.39 is 0 Å². The van der Waals surface area contributed by atoms with Crippen LogP contribution in [0.5, 0.6) is 0 Å². The van der Waals surface area contributed by atoms with Gasteiger partial charge in [0.05, 0.1) is 12.0 Å². The Kier molecular flexibility index (Phi) is 2.45. The number of carbonyl (C=O) groups is 1. The molecule has 2 rings (SSSR count). The molecule has 1 aromatic rings. The maximum Gasteiger partial charge on any atom is 0.226 e. The molecule has 1 aromatic heterocycles. The van der Waals surface area contributed by atoms with Gasteiger partial charge in [-0.1, -0.05) is 0 Å². The van der Waals surface area contributed by atoms with Gasteiger partial charge in [0.25, 0.3) is 0 Å². The molecular weight excluding hydrogens is 182 g/mol. The third kappa shape index (κ3) is 1.74. The lowest BCUT2D eigenvalue weighted by Crippen LogP contribution is -2.51. The van der Waals surface area contributed by atoms with E-state index in [0.29, 0.717) is 5.82 Å². The minimum Gasteiger partial charge on any atom is -0.346 e. The van der Waals surface area contributed by atoms with E-state index in [2.05, 4.69) is 25.8 Å². The van der Waals surface area contributed by atoms with E-state index in [-0.39, 0.29) is 17.9 Å². The van der Waals surface area contributed by atoms with Crippen LogP contribution in [0, 0.1) is 5.92 Å². The molecule has 0 aliphatic carbocycles. The summed E-state index contributed by atoms with van der Waals surface area (Å²) in [5.41, 5.74) is 0. The minimum atomic E-state index is -0.106. The first-order valence-electron chi connectivity index (χ1n) is 4.63. The Morgan fingerprint density at radius 3 is 3.00 bits per heavy atom. The normalized spacial score (nSPS) is 18.6. The van der Waals surface area contributed by atoms with E-state index in [4.69, 9.17) is 0 Å². The zero-order valence-electron chi connectivity index (χ0n) is 7.95. The highest BCUT2D eigenvalue weighted by Gasteiger charge is 2.26. The summed E-state index contributed by atoms with van der Waals surface area (Å²) in [5, 5.41) is 12.4. The number of H-pyrrole nitrogens is 1. The van der Waals surface area contributed by atoms with Crippen LogP contribution in [0.2, 0.25) is 0 Å². The summed E-state index contributed by atoms with van der Waals surface area (Å²) in [5.74, 6) is 0.874. The number of nitrogens with zero attached hydrogens (tertiary/aromatic N) is 2.